The van der Waals surface area contributed by atoms with E-state index in [2.05, 4.69) is 21.2 Å². The SMILES string of the molecule is CC(C)(C)CNc1cc(C(=O)O)c(Br)cc1C(N)=O. The smallest absolute Gasteiger partial charge is 0.336 e. The third-order valence-corrected chi connectivity index (χ3v) is 3.07. The maximum atomic E-state index is 11.4. The van der Waals surface area contributed by atoms with Crippen molar-refractivity contribution in [1.82, 2.24) is 0 Å². The molecule has 0 fully saturated rings. The molecule has 0 spiro atoms. The monoisotopic (exact) mass is 328 g/mol. The molecule has 0 unspecified atom stereocenters. The molecule has 4 N–H and O–H groups in total. The van der Waals surface area contributed by atoms with E-state index in [1.54, 1.807) is 0 Å². The summed E-state index contributed by atoms with van der Waals surface area (Å²) in [6.07, 6.45) is 0. The molecular formula is C13H17BrN2O3. The molecule has 6 heteroatoms. The number of carbonyl (C=O) groups excluding carboxylic acids is 1. The normalized spacial score (nSPS) is 11.2. The fourth-order valence-corrected chi connectivity index (χ4v) is 1.96. The number of rotatable bonds is 4. The van der Waals surface area contributed by atoms with E-state index in [9.17, 15) is 9.59 Å². The molecular weight excluding hydrogens is 312 g/mol. The Kier molecular flexibility index (Phi) is 4.57. The molecule has 1 amide bonds. The van der Waals surface area contributed by atoms with E-state index in [4.69, 9.17) is 10.8 Å². The van der Waals surface area contributed by atoms with Crippen LogP contribution in [-0.4, -0.2) is 23.5 Å². The second kappa shape index (κ2) is 5.61. The Labute approximate surface area is 120 Å². The van der Waals surface area contributed by atoms with Gasteiger partial charge in [-0.1, -0.05) is 20.8 Å². The number of amides is 1. The average molecular weight is 329 g/mol. The second-order valence-corrected chi connectivity index (χ2v) is 6.32. The number of hydrogen-bond acceptors (Lipinski definition) is 3. The van der Waals surface area contributed by atoms with Crippen molar-refractivity contribution in [1.29, 1.82) is 0 Å². The van der Waals surface area contributed by atoms with Crippen molar-refractivity contribution in [3.8, 4) is 0 Å². The van der Waals surface area contributed by atoms with Crippen LogP contribution >= 0.6 is 15.9 Å². The van der Waals surface area contributed by atoms with Crippen molar-refractivity contribution in [3.63, 3.8) is 0 Å². The van der Waals surface area contributed by atoms with Gasteiger partial charge in [-0.2, -0.15) is 0 Å². The van der Waals surface area contributed by atoms with Gasteiger partial charge in [0.25, 0.3) is 5.91 Å². The zero-order valence-corrected chi connectivity index (χ0v) is 12.7. The van der Waals surface area contributed by atoms with Crippen molar-refractivity contribution < 1.29 is 14.7 Å². The van der Waals surface area contributed by atoms with Gasteiger partial charge in [0.2, 0.25) is 0 Å². The Morgan fingerprint density at radius 1 is 1.32 bits per heavy atom. The molecule has 1 rings (SSSR count). The Balaban J connectivity index is 3.22. The van der Waals surface area contributed by atoms with Crippen LogP contribution in [0.4, 0.5) is 5.69 Å². The predicted molar refractivity (Wildman–Crippen MR) is 77.6 cm³/mol. The fourth-order valence-electron chi connectivity index (χ4n) is 1.45. The minimum Gasteiger partial charge on any atom is -0.478 e. The number of halogens is 1. The summed E-state index contributed by atoms with van der Waals surface area (Å²) in [5, 5.41) is 12.1. The number of nitrogens with one attached hydrogen (secondary N) is 1. The molecule has 0 atom stereocenters. The predicted octanol–water partition coefficient (Wildman–Crippen LogP) is 2.70. The summed E-state index contributed by atoms with van der Waals surface area (Å²) in [6.45, 7) is 6.68. The quantitative estimate of drug-likeness (QED) is 0.792. The molecule has 0 saturated heterocycles. The highest BCUT2D eigenvalue weighted by atomic mass is 79.9. The van der Waals surface area contributed by atoms with Gasteiger partial charge in [-0.25, -0.2) is 4.79 Å². The second-order valence-electron chi connectivity index (χ2n) is 5.46. The first-order chi connectivity index (χ1) is 8.61. The van der Waals surface area contributed by atoms with Gasteiger partial charge in [-0.3, -0.25) is 4.79 Å². The molecule has 0 aliphatic carbocycles. The number of primary amides is 1. The van der Waals surface area contributed by atoms with Crippen molar-refractivity contribution in [2.75, 3.05) is 11.9 Å². The van der Waals surface area contributed by atoms with Crippen LogP contribution in [0.25, 0.3) is 0 Å². The number of carbonyl (C=O) groups is 2. The van der Waals surface area contributed by atoms with Crippen LogP contribution in [0.1, 0.15) is 41.5 Å². The van der Waals surface area contributed by atoms with E-state index in [1.807, 2.05) is 20.8 Å². The van der Waals surface area contributed by atoms with E-state index in [0.29, 0.717) is 16.7 Å². The molecule has 0 bridgehead atoms. The molecule has 0 aliphatic rings. The summed E-state index contributed by atoms with van der Waals surface area (Å²) >= 11 is 3.12. The van der Waals surface area contributed by atoms with Crippen LogP contribution in [-0.2, 0) is 0 Å². The van der Waals surface area contributed by atoms with Crippen molar-refractivity contribution in [2.45, 2.75) is 20.8 Å². The maximum Gasteiger partial charge on any atom is 0.336 e. The molecule has 0 aromatic heterocycles. The molecule has 0 saturated carbocycles. The topological polar surface area (TPSA) is 92.4 Å². The van der Waals surface area contributed by atoms with Crippen LogP contribution < -0.4 is 11.1 Å². The molecule has 0 heterocycles. The summed E-state index contributed by atoms with van der Waals surface area (Å²) in [7, 11) is 0. The summed E-state index contributed by atoms with van der Waals surface area (Å²) in [6, 6.07) is 2.84. The third kappa shape index (κ3) is 4.24. The first-order valence-corrected chi connectivity index (χ1v) is 6.51. The van der Waals surface area contributed by atoms with Crippen LogP contribution in [0.15, 0.2) is 16.6 Å². The minimum absolute atomic E-state index is 0.00855. The Bertz CT molecular complexity index is 521. The van der Waals surface area contributed by atoms with E-state index >= 15 is 0 Å². The molecule has 104 valence electrons. The van der Waals surface area contributed by atoms with Crippen LogP contribution in [0, 0.1) is 5.41 Å². The first kappa shape index (κ1) is 15.5. The third-order valence-electron chi connectivity index (χ3n) is 2.41. The lowest BCUT2D eigenvalue weighted by molar-refractivity contribution is 0.0695. The Morgan fingerprint density at radius 2 is 1.89 bits per heavy atom. The lowest BCUT2D eigenvalue weighted by Gasteiger charge is -2.21. The highest BCUT2D eigenvalue weighted by Gasteiger charge is 2.18. The van der Waals surface area contributed by atoms with Gasteiger partial charge < -0.3 is 16.2 Å². The van der Waals surface area contributed by atoms with Gasteiger partial charge in [0.15, 0.2) is 0 Å². The Hall–Kier alpha value is -1.56. The number of carboxylic acid groups (broad SMARTS) is 1. The van der Waals surface area contributed by atoms with Gasteiger partial charge >= 0.3 is 5.97 Å². The lowest BCUT2D eigenvalue weighted by atomic mass is 9.96. The summed E-state index contributed by atoms with van der Waals surface area (Å²) in [5.41, 5.74) is 6.08. The number of aromatic carboxylic acids is 1. The van der Waals surface area contributed by atoms with Gasteiger partial charge in [0.1, 0.15) is 0 Å². The van der Waals surface area contributed by atoms with Crippen molar-refractivity contribution in [3.05, 3.63) is 27.7 Å². The molecule has 0 radical (unpaired) electrons. The Morgan fingerprint density at radius 3 is 2.32 bits per heavy atom. The van der Waals surface area contributed by atoms with Crippen molar-refractivity contribution in [2.24, 2.45) is 11.1 Å². The number of nitrogens with two attached hydrogens (primary N) is 1. The van der Waals surface area contributed by atoms with E-state index in [-0.39, 0.29) is 16.5 Å². The van der Waals surface area contributed by atoms with Gasteiger partial charge in [-0.05, 0) is 33.5 Å². The molecule has 19 heavy (non-hydrogen) atoms. The van der Waals surface area contributed by atoms with E-state index in [1.165, 1.54) is 12.1 Å². The zero-order chi connectivity index (χ0) is 14.8. The average Bonchev–Trinajstić information content (AvgIpc) is 2.25. The summed E-state index contributed by atoms with van der Waals surface area (Å²) in [5.74, 6) is -1.67. The van der Waals surface area contributed by atoms with Crippen LogP contribution in [0.3, 0.4) is 0 Å². The highest BCUT2D eigenvalue weighted by Crippen LogP contribution is 2.27. The molecule has 5 nitrogen and oxygen atoms in total. The largest absolute Gasteiger partial charge is 0.478 e. The number of benzene rings is 1. The molecule has 1 aromatic carbocycles. The first-order valence-electron chi connectivity index (χ1n) is 5.72. The molecule has 1 aromatic rings. The zero-order valence-electron chi connectivity index (χ0n) is 11.1. The maximum absolute atomic E-state index is 11.4. The summed E-state index contributed by atoms with van der Waals surface area (Å²) in [4.78, 5) is 22.5. The minimum atomic E-state index is -1.07. The van der Waals surface area contributed by atoms with Gasteiger partial charge in [0, 0.05) is 16.7 Å². The summed E-state index contributed by atoms with van der Waals surface area (Å²) < 4.78 is 0.329. The van der Waals surface area contributed by atoms with Gasteiger partial charge in [0.05, 0.1) is 11.1 Å². The fraction of sp³-hybridized carbons (Fsp3) is 0.385. The van der Waals surface area contributed by atoms with Gasteiger partial charge in [-0.15, -0.1) is 0 Å². The van der Waals surface area contributed by atoms with Crippen LogP contribution in [0.2, 0.25) is 0 Å². The lowest BCUT2D eigenvalue weighted by Crippen LogP contribution is -2.22. The standard InChI is InChI=1S/C13H17BrN2O3/c1-13(2,3)6-16-10-5-7(12(18)19)9(14)4-8(10)11(15)17/h4-5,16H,6H2,1-3H3,(H2,15,17)(H,18,19). The van der Waals surface area contributed by atoms with E-state index < -0.39 is 11.9 Å². The van der Waals surface area contributed by atoms with E-state index in [0.717, 1.165) is 0 Å². The number of anilines is 1. The highest BCUT2D eigenvalue weighted by molar-refractivity contribution is 9.10. The van der Waals surface area contributed by atoms with Crippen molar-refractivity contribution >= 4 is 33.5 Å². The number of hydrogen-bond donors (Lipinski definition) is 3. The molecule has 0 aliphatic heterocycles. The number of carboxylic acids is 1. The van der Waals surface area contributed by atoms with Crippen LogP contribution in [0.5, 0.6) is 0 Å².